The number of hydrogen-bond acceptors (Lipinski definition) is 5. The number of anilines is 1. The summed E-state index contributed by atoms with van der Waals surface area (Å²) in [6.45, 7) is 0. The molecule has 12 heteroatoms. The van der Waals surface area contributed by atoms with Crippen LogP contribution < -0.4 is 4.90 Å². The van der Waals surface area contributed by atoms with Crippen LogP contribution >= 0.6 is 23.4 Å². The van der Waals surface area contributed by atoms with Crippen molar-refractivity contribution < 1.29 is 26.4 Å². The molecule has 2 saturated heterocycles. The van der Waals surface area contributed by atoms with Crippen LogP contribution in [-0.4, -0.2) is 42.3 Å². The number of fused-ring (bicyclic) bond motifs is 1. The Morgan fingerprint density at radius 3 is 2.74 bits per heavy atom. The van der Waals surface area contributed by atoms with Crippen molar-refractivity contribution in [1.29, 1.82) is 5.26 Å². The van der Waals surface area contributed by atoms with E-state index in [1.54, 1.807) is 6.07 Å². The van der Waals surface area contributed by atoms with Crippen LogP contribution in [0.1, 0.15) is 12.0 Å². The second-order valence-corrected chi connectivity index (χ2v) is 9.72. The third-order valence-electron chi connectivity index (χ3n) is 4.05. The number of rotatable bonds is 2. The van der Waals surface area contributed by atoms with Crippen molar-refractivity contribution in [3.8, 4) is 6.07 Å². The second kappa shape index (κ2) is 7.00. The lowest BCUT2D eigenvalue weighted by atomic mass is 10.1. The molecule has 0 saturated carbocycles. The molecular formula is C15H11ClF3N3O3S2. The molecule has 0 unspecified atom stereocenters. The lowest BCUT2D eigenvalue weighted by molar-refractivity contribution is -0.137. The van der Waals surface area contributed by atoms with Gasteiger partial charge < -0.3 is 4.90 Å². The number of sulfone groups is 1. The number of carbonyl (C=O) groups excluding carboxylic acids is 1. The molecule has 3 rings (SSSR count). The highest BCUT2D eigenvalue weighted by molar-refractivity contribution is 8.16. The first-order chi connectivity index (χ1) is 12.5. The number of halogens is 4. The zero-order valence-corrected chi connectivity index (χ0v) is 15.8. The Balaban J connectivity index is 2.10. The second-order valence-electron chi connectivity index (χ2n) is 5.96. The fraction of sp³-hybridized carbons (Fsp3) is 0.400. The average molecular weight is 438 g/mol. The van der Waals surface area contributed by atoms with Crippen LogP contribution in [0.2, 0.25) is 5.02 Å². The summed E-state index contributed by atoms with van der Waals surface area (Å²) in [5.74, 6) is -1.24. The van der Waals surface area contributed by atoms with Gasteiger partial charge in [0, 0.05) is 5.25 Å². The molecule has 1 aromatic carbocycles. The standard InChI is InChI=1S/C15H11ClF3N3O3S2/c16-9-2-1-8(15(17,18)19)5-10(9)22-11-6-27(24,25)7-12(11)26-14(22)21-13(23)3-4-20/h1-2,5,11-12H,3,6-7H2/t11-,12+/m0/s1. The molecule has 1 amide bonds. The third-order valence-corrected chi connectivity index (χ3v) is 7.58. The predicted octanol–water partition coefficient (Wildman–Crippen LogP) is 2.87. The Morgan fingerprint density at radius 2 is 2.11 bits per heavy atom. The Kier molecular flexibility index (Phi) is 5.18. The normalized spacial score (nSPS) is 25.4. The number of nitrogens with zero attached hydrogens (tertiary/aromatic N) is 3. The molecule has 2 heterocycles. The van der Waals surface area contributed by atoms with Gasteiger partial charge in [-0.25, -0.2) is 8.42 Å². The van der Waals surface area contributed by atoms with Gasteiger partial charge in [0.15, 0.2) is 15.0 Å². The van der Waals surface area contributed by atoms with Crippen LogP contribution in [0.5, 0.6) is 0 Å². The first-order valence-electron chi connectivity index (χ1n) is 7.53. The lowest BCUT2D eigenvalue weighted by Crippen LogP contribution is -2.38. The molecular weight excluding hydrogens is 427 g/mol. The van der Waals surface area contributed by atoms with Crippen LogP contribution in [0.15, 0.2) is 23.2 Å². The van der Waals surface area contributed by atoms with Gasteiger partial charge in [0.1, 0.15) is 6.42 Å². The first kappa shape index (κ1) is 20.0. The predicted molar refractivity (Wildman–Crippen MR) is 95.4 cm³/mol. The number of nitriles is 1. The highest BCUT2D eigenvalue weighted by Crippen LogP contribution is 2.44. The third kappa shape index (κ3) is 4.07. The number of amides is 1. The van der Waals surface area contributed by atoms with E-state index >= 15 is 0 Å². The van der Waals surface area contributed by atoms with Crippen LogP contribution in [0, 0.1) is 11.3 Å². The molecule has 6 nitrogen and oxygen atoms in total. The molecule has 1 aromatic rings. The summed E-state index contributed by atoms with van der Waals surface area (Å²) in [5, 5.41) is 8.13. The number of alkyl halides is 3. The van der Waals surface area contributed by atoms with Crippen molar-refractivity contribution in [2.45, 2.75) is 23.9 Å². The maximum Gasteiger partial charge on any atom is 0.416 e. The Morgan fingerprint density at radius 1 is 1.41 bits per heavy atom. The minimum Gasteiger partial charge on any atom is -0.314 e. The molecule has 0 aliphatic carbocycles. The summed E-state index contributed by atoms with van der Waals surface area (Å²) in [6.07, 6.45) is -5.12. The van der Waals surface area contributed by atoms with E-state index in [9.17, 15) is 26.4 Å². The van der Waals surface area contributed by atoms with Crippen LogP contribution in [0.3, 0.4) is 0 Å². The number of benzene rings is 1. The Labute approximate surface area is 161 Å². The number of hydrogen-bond donors (Lipinski definition) is 0. The fourth-order valence-corrected chi connectivity index (χ4v) is 7.07. The zero-order valence-electron chi connectivity index (χ0n) is 13.4. The lowest BCUT2D eigenvalue weighted by Gasteiger charge is -2.26. The SMILES string of the molecule is N#CCC(=O)N=C1S[C@@H]2CS(=O)(=O)C[C@@H]2N1c1cc(C(F)(F)F)ccc1Cl. The van der Waals surface area contributed by atoms with E-state index in [1.807, 2.05) is 0 Å². The maximum atomic E-state index is 13.1. The molecule has 2 aliphatic rings. The van der Waals surface area contributed by atoms with Crippen LogP contribution in [-0.2, 0) is 20.8 Å². The van der Waals surface area contributed by atoms with E-state index in [4.69, 9.17) is 16.9 Å². The largest absolute Gasteiger partial charge is 0.416 e. The van der Waals surface area contributed by atoms with Gasteiger partial charge in [-0.1, -0.05) is 23.4 Å². The number of carbonyl (C=O) groups is 1. The van der Waals surface area contributed by atoms with Gasteiger partial charge >= 0.3 is 6.18 Å². The summed E-state index contributed by atoms with van der Waals surface area (Å²) < 4.78 is 63.2. The Bertz CT molecular complexity index is 973. The minimum atomic E-state index is -4.62. The maximum absolute atomic E-state index is 13.1. The van der Waals surface area contributed by atoms with Crippen LogP contribution in [0.4, 0.5) is 18.9 Å². The van der Waals surface area contributed by atoms with Gasteiger partial charge in [0.05, 0.1) is 39.9 Å². The van der Waals surface area contributed by atoms with E-state index in [0.29, 0.717) is 0 Å². The van der Waals surface area contributed by atoms with Crippen molar-refractivity contribution in [2.24, 2.45) is 4.99 Å². The molecule has 27 heavy (non-hydrogen) atoms. The summed E-state index contributed by atoms with van der Waals surface area (Å²) in [4.78, 5) is 16.8. The molecule has 0 spiro atoms. The van der Waals surface area contributed by atoms with Crippen molar-refractivity contribution in [1.82, 2.24) is 0 Å². The fourth-order valence-electron chi connectivity index (χ4n) is 2.93. The van der Waals surface area contributed by atoms with E-state index in [0.717, 1.165) is 30.0 Å². The quantitative estimate of drug-likeness (QED) is 0.706. The van der Waals surface area contributed by atoms with E-state index in [1.165, 1.54) is 4.90 Å². The highest BCUT2D eigenvalue weighted by atomic mass is 35.5. The highest BCUT2D eigenvalue weighted by Gasteiger charge is 2.50. The minimum absolute atomic E-state index is 0.0334. The molecule has 2 atom stereocenters. The molecule has 2 fully saturated rings. The topological polar surface area (TPSA) is 90.6 Å². The zero-order chi connectivity index (χ0) is 20.0. The first-order valence-corrected chi connectivity index (χ1v) is 10.6. The molecule has 0 N–H and O–H groups in total. The number of amidine groups is 1. The van der Waals surface area contributed by atoms with Gasteiger partial charge in [-0.3, -0.25) is 4.79 Å². The van der Waals surface area contributed by atoms with Gasteiger partial charge in [0.2, 0.25) is 0 Å². The summed E-state index contributed by atoms with van der Waals surface area (Å²) in [7, 11) is -3.38. The smallest absolute Gasteiger partial charge is 0.314 e. The Hall–Kier alpha value is -1.77. The van der Waals surface area contributed by atoms with Crippen LogP contribution in [0.25, 0.3) is 0 Å². The molecule has 2 aliphatic heterocycles. The number of aliphatic imine (C=N–C) groups is 1. The van der Waals surface area contributed by atoms with Gasteiger partial charge in [-0.05, 0) is 18.2 Å². The summed E-state index contributed by atoms with van der Waals surface area (Å²) >= 11 is 7.08. The average Bonchev–Trinajstić information content (AvgIpc) is 2.98. The summed E-state index contributed by atoms with van der Waals surface area (Å²) in [6, 6.07) is 3.63. The van der Waals surface area contributed by atoms with E-state index in [-0.39, 0.29) is 27.4 Å². The van der Waals surface area contributed by atoms with E-state index in [2.05, 4.69) is 4.99 Å². The monoisotopic (exact) mass is 437 g/mol. The van der Waals surface area contributed by atoms with E-state index < -0.39 is 45.2 Å². The molecule has 0 bridgehead atoms. The van der Waals surface area contributed by atoms with Crippen molar-refractivity contribution in [3.05, 3.63) is 28.8 Å². The van der Waals surface area contributed by atoms with Gasteiger partial charge in [-0.15, -0.1) is 0 Å². The number of thioether (sulfide) groups is 1. The molecule has 0 radical (unpaired) electrons. The van der Waals surface area contributed by atoms with Crippen molar-refractivity contribution >= 4 is 50.0 Å². The van der Waals surface area contributed by atoms with Gasteiger partial charge in [0.25, 0.3) is 5.91 Å². The van der Waals surface area contributed by atoms with Gasteiger partial charge in [-0.2, -0.15) is 23.4 Å². The van der Waals surface area contributed by atoms with Crippen molar-refractivity contribution in [2.75, 3.05) is 16.4 Å². The molecule has 0 aromatic heterocycles. The van der Waals surface area contributed by atoms with Crippen molar-refractivity contribution in [3.63, 3.8) is 0 Å². The molecule has 144 valence electrons. The summed E-state index contributed by atoms with van der Waals surface area (Å²) in [5.41, 5.74) is -1.04.